The van der Waals surface area contributed by atoms with E-state index >= 15 is 0 Å². The van der Waals surface area contributed by atoms with Crippen LogP contribution < -0.4 is 15.2 Å². The molecule has 0 saturated carbocycles. The van der Waals surface area contributed by atoms with Crippen molar-refractivity contribution in [1.82, 2.24) is 0 Å². The Hall–Kier alpha value is -2.82. The summed E-state index contributed by atoms with van der Waals surface area (Å²) >= 11 is 0. The summed E-state index contributed by atoms with van der Waals surface area (Å²) < 4.78 is 5.06. The van der Waals surface area contributed by atoms with Crippen LogP contribution in [0.5, 0.6) is 5.75 Å². The van der Waals surface area contributed by atoms with Crippen molar-refractivity contribution in [3.05, 3.63) is 59.7 Å². The second-order valence-corrected chi connectivity index (χ2v) is 5.68. The van der Waals surface area contributed by atoms with Crippen LogP contribution in [-0.4, -0.2) is 19.0 Å². The number of aliphatic carboxylic acids is 1. The Bertz CT molecular complexity index is 692. The number of nitrogens with one attached hydrogen (secondary N) is 1. The van der Waals surface area contributed by atoms with Crippen LogP contribution in [0.3, 0.4) is 0 Å². The SMILES string of the molecule is COc1ccc(NC(=O)[C@@H](CC(=O)[O-])Cc2ccc(C)cc2)cc1. The highest BCUT2D eigenvalue weighted by Gasteiger charge is 2.19. The largest absolute Gasteiger partial charge is 0.550 e. The lowest BCUT2D eigenvalue weighted by Crippen LogP contribution is -2.32. The normalized spacial score (nSPS) is 11.6. The van der Waals surface area contributed by atoms with Crippen molar-refractivity contribution in [2.45, 2.75) is 19.8 Å². The molecule has 126 valence electrons. The van der Waals surface area contributed by atoms with E-state index in [9.17, 15) is 14.7 Å². The minimum absolute atomic E-state index is 0.324. The van der Waals surface area contributed by atoms with Gasteiger partial charge in [-0.25, -0.2) is 0 Å². The highest BCUT2D eigenvalue weighted by atomic mass is 16.5. The molecule has 0 aliphatic carbocycles. The molecule has 0 heterocycles. The van der Waals surface area contributed by atoms with Crippen LogP contribution in [0.1, 0.15) is 17.5 Å². The first-order chi connectivity index (χ1) is 11.5. The molecule has 0 radical (unpaired) electrons. The zero-order chi connectivity index (χ0) is 17.5. The van der Waals surface area contributed by atoms with Gasteiger partial charge in [0.1, 0.15) is 5.75 Å². The van der Waals surface area contributed by atoms with Crippen LogP contribution in [-0.2, 0) is 16.0 Å². The van der Waals surface area contributed by atoms with Gasteiger partial charge in [-0.15, -0.1) is 0 Å². The summed E-state index contributed by atoms with van der Waals surface area (Å²) in [6, 6.07) is 14.5. The van der Waals surface area contributed by atoms with Gasteiger partial charge in [0.25, 0.3) is 0 Å². The number of hydrogen-bond acceptors (Lipinski definition) is 4. The van der Waals surface area contributed by atoms with Crippen LogP contribution in [0.4, 0.5) is 5.69 Å². The molecule has 1 atom stereocenters. The van der Waals surface area contributed by atoms with Crippen LogP contribution in [0.25, 0.3) is 0 Å². The van der Waals surface area contributed by atoms with Gasteiger partial charge in [-0.1, -0.05) is 29.8 Å². The predicted octanol–water partition coefficient (Wildman–Crippen LogP) is 1.94. The van der Waals surface area contributed by atoms with Gasteiger partial charge in [-0.3, -0.25) is 4.79 Å². The number of carbonyl (C=O) groups is 2. The Morgan fingerprint density at radius 1 is 1.08 bits per heavy atom. The van der Waals surface area contributed by atoms with Crippen molar-refractivity contribution in [3.8, 4) is 5.75 Å². The highest BCUT2D eigenvalue weighted by Crippen LogP contribution is 2.19. The molecule has 1 amide bonds. The lowest BCUT2D eigenvalue weighted by Gasteiger charge is -2.18. The van der Waals surface area contributed by atoms with Gasteiger partial charge >= 0.3 is 0 Å². The topological polar surface area (TPSA) is 78.5 Å². The van der Waals surface area contributed by atoms with Crippen LogP contribution in [0.2, 0.25) is 0 Å². The molecule has 0 aromatic heterocycles. The molecule has 5 heteroatoms. The second-order valence-electron chi connectivity index (χ2n) is 5.68. The minimum Gasteiger partial charge on any atom is -0.550 e. The molecule has 5 nitrogen and oxygen atoms in total. The maximum absolute atomic E-state index is 12.4. The molecule has 2 aromatic rings. The number of hydrogen-bond donors (Lipinski definition) is 1. The molecule has 24 heavy (non-hydrogen) atoms. The molecule has 2 aromatic carbocycles. The van der Waals surface area contributed by atoms with Crippen molar-refractivity contribution >= 4 is 17.6 Å². The zero-order valence-corrected chi connectivity index (χ0v) is 13.7. The first kappa shape index (κ1) is 17.5. The zero-order valence-electron chi connectivity index (χ0n) is 13.7. The quantitative estimate of drug-likeness (QED) is 0.843. The van der Waals surface area contributed by atoms with E-state index in [0.29, 0.717) is 17.9 Å². The van der Waals surface area contributed by atoms with Gasteiger partial charge < -0.3 is 20.0 Å². The number of carboxylic acid groups (broad SMARTS) is 1. The fraction of sp³-hybridized carbons (Fsp3) is 0.263. The summed E-state index contributed by atoms with van der Waals surface area (Å²) in [6.07, 6.45) is 0.0200. The maximum atomic E-state index is 12.4. The molecule has 0 aliphatic heterocycles. The summed E-state index contributed by atoms with van der Waals surface area (Å²) in [5.74, 6) is -1.60. The van der Waals surface area contributed by atoms with E-state index in [1.54, 1.807) is 31.4 Å². The summed E-state index contributed by atoms with van der Waals surface area (Å²) in [5.41, 5.74) is 2.61. The standard InChI is InChI=1S/C19H21NO4/c1-13-3-5-14(6-4-13)11-15(12-18(21)22)19(23)20-16-7-9-17(24-2)10-8-16/h3-10,15H,11-12H2,1-2H3,(H,20,23)(H,21,22)/p-1/t15-/m1/s1. The number of ether oxygens (including phenoxy) is 1. The summed E-state index contributed by atoms with van der Waals surface area (Å²) in [6.45, 7) is 1.97. The molecule has 0 saturated heterocycles. The van der Waals surface area contributed by atoms with E-state index in [4.69, 9.17) is 4.74 Å². The number of methoxy groups -OCH3 is 1. The summed E-state index contributed by atoms with van der Waals surface area (Å²) in [7, 11) is 1.56. The van der Waals surface area contributed by atoms with Gasteiger partial charge in [0.05, 0.1) is 7.11 Å². The Balaban J connectivity index is 2.08. The number of aryl methyl sites for hydroxylation is 1. The van der Waals surface area contributed by atoms with E-state index in [0.717, 1.165) is 11.1 Å². The summed E-state index contributed by atoms with van der Waals surface area (Å²) in [5, 5.41) is 13.7. The average molecular weight is 326 g/mol. The molecular weight excluding hydrogens is 306 g/mol. The van der Waals surface area contributed by atoms with Gasteiger partial charge in [0.2, 0.25) is 5.91 Å². The molecule has 0 fully saturated rings. The number of benzene rings is 2. The third-order valence-electron chi connectivity index (χ3n) is 3.74. The third-order valence-corrected chi connectivity index (χ3v) is 3.74. The Morgan fingerprint density at radius 2 is 1.71 bits per heavy atom. The molecule has 0 unspecified atom stereocenters. The van der Waals surface area contributed by atoms with Gasteiger partial charge in [0, 0.05) is 17.6 Å². The number of anilines is 1. The minimum atomic E-state index is -1.24. The number of carbonyl (C=O) groups excluding carboxylic acids is 2. The summed E-state index contributed by atoms with van der Waals surface area (Å²) in [4.78, 5) is 23.4. The van der Waals surface area contributed by atoms with Gasteiger partial charge in [-0.2, -0.15) is 0 Å². The first-order valence-electron chi connectivity index (χ1n) is 7.68. The predicted molar refractivity (Wildman–Crippen MR) is 89.6 cm³/mol. The molecular formula is C19H20NO4-. The fourth-order valence-corrected chi connectivity index (χ4v) is 2.39. The van der Waals surface area contributed by atoms with Crippen molar-refractivity contribution in [2.75, 3.05) is 12.4 Å². The smallest absolute Gasteiger partial charge is 0.228 e. The Labute approximate surface area is 141 Å². The monoisotopic (exact) mass is 326 g/mol. The van der Waals surface area contributed by atoms with Crippen LogP contribution in [0.15, 0.2) is 48.5 Å². The third kappa shape index (κ3) is 5.12. The Morgan fingerprint density at radius 3 is 2.25 bits per heavy atom. The molecule has 0 aliphatic rings. The van der Waals surface area contributed by atoms with E-state index in [-0.39, 0.29) is 12.3 Å². The Kier molecular flexibility index (Phi) is 5.95. The van der Waals surface area contributed by atoms with Crippen molar-refractivity contribution in [3.63, 3.8) is 0 Å². The van der Waals surface area contributed by atoms with E-state index in [1.807, 2.05) is 31.2 Å². The highest BCUT2D eigenvalue weighted by molar-refractivity contribution is 5.94. The van der Waals surface area contributed by atoms with Crippen molar-refractivity contribution < 1.29 is 19.4 Å². The van der Waals surface area contributed by atoms with E-state index in [1.165, 1.54) is 0 Å². The van der Waals surface area contributed by atoms with E-state index in [2.05, 4.69) is 5.32 Å². The average Bonchev–Trinajstić information content (AvgIpc) is 2.56. The maximum Gasteiger partial charge on any atom is 0.228 e. The number of amides is 1. The first-order valence-corrected chi connectivity index (χ1v) is 7.68. The lowest BCUT2D eigenvalue weighted by atomic mass is 9.94. The fourth-order valence-electron chi connectivity index (χ4n) is 2.39. The van der Waals surface area contributed by atoms with Crippen LogP contribution in [0, 0.1) is 12.8 Å². The van der Waals surface area contributed by atoms with Crippen molar-refractivity contribution in [1.29, 1.82) is 0 Å². The molecule has 0 bridgehead atoms. The molecule has 0 spiro atoms. The van der Waals surface area contributed by atoms with Crippen molar-refractivity contribution in [2.24, 2.45) is 5.92 Å². The molecule has 1 N–H and O–H groups in total. The number of rotatable bonds is 7. The number of carboxylic acids is 1. The lowest BCUT2D eigenvalue weighted by molar-refractivity contribution is -0.306. The van der Waals surface area contributed by atoms with Gasteiger partial charge in [0.15, 0.2) is 0 Å². The van der Waals surface area contributed by atoms with Gasteiger partial charge in [-0.05, 0) is 49.6 Å². The van der Waals surface area contributed by atoms with E-state index < -0.39 is 11.9 Å². The van der Waals surface area contributed by atoms with Crippen LogP contribution >= 0.6 is 0 Å². The molecule has 2 rings (SSSR count). The second kappa shape index (κ2) is 8.15.